The Labute approximate surface area is 137 Å². The Morgan fingerprint density at radius 3 is 2.87 bits per heavy atom. The predicted molar refractivity (Wildman–Crippen MR) is 89.0 cm³/mol. The van der Waals surface area contributed by atoms with Crippen molar-refractivity contribution in [2.45, 2.75) is 6.92 Å². The smallest absolute Gasteiger partial charge is 0.257 e. The van der Waals surface area contributed by atoms with Crippen LogP contribution in [0.4, 0.5) is 5.00 Å². The van der Waals surface area contributed by atoms with E-state index in [1.165, 1.54) is 5.00 Å². The lowest BCUT2D eigenvalue weighted by Crippen LogP contribution is -2.48. The number of piperazine rings is 1. The van der Waals surface area contributed by atoms with Crippen LogP contribution in [0, 0.1) is 6.92 Å². The number of anilines is 1. The Hall–Kier alpha value is -2.41. The standard InChI is InChI=1S/C16H16N4O2S/c1-11-13-9-12(10-17-15(13)22-18-11)16(21)20-6-4-19(5-7-20)14-3-2-8-23-14/h2-3,8-10H,4-7H2,1H3. The molecule has 0 aliphatic carbocycles. The van der Waals surface area contributed by atoms with Crippen molar-refractivity contribution in [2.24, 2.45) is 0 Å². The molecule has 0 atom stereocenters. The molecule has 6 nitrogen and oxygen atoms in total. The summed E-state index contributed by atoms with van der Waals surface area (Å²) in [6.45, 7) is 5.00. The average Bonchev–Trinajstić information content (AvgIpc) is 3.25. The largest absolute Gasteiger partial charge is 0.360 e. The van der Waals surface area contributed by atoms with Crippen molar-refractivity contribution in [3.05, 3.63) is 41.0 Å². The third-order valence-corrected chi connectivity index (χ3v) is 5.07. The first kappa shape index (κ1) is 14.2. The molecule has 1 fully saturated rings. The highest BCUT2D eigenvalue weighted by Gasteiger charge is 2.23. The Morgan fingerprint density at radius 2 is 2.13 bits per heavy atom. The van der Waals surface area contributed by atoms with E-state index in [9.17, 15) is 4.79 Å². The number of aromatic nitrogens is 2. The van der Waals surface area contributed by atoms with E-state index in [2.05, 4.69) is 32.6 Å². The van der Waals surface area contributed by atoms with E-state index in [1.54, 1.807) is 17.5 Å². The molecule has 3 aromatic rings. The van der Waals surface area contributed by atoms with Crippen molar-refractivity contribution in [3.8, 4) is 0 Å². The van der Waals surface area contributed by atoms with Crippen LogP contribution in [0.5, 0.6) is 0 Å². The highest BCUT2D eigenvalue weighted by atomic mass is 32.1. The third kappa shape index (κ3) is 2.57. The van der Waals surface area contributed by atoms with Crippen LogP contribution >= 0.6 is 11.3 Å². The van der Waals surface area contributed by atoms with Gasteiger partial charge in [0.2, 0.25) is 0 Å². The minimum atomic E-state index is 0.0193. The van der Waals surface area contributed by atoms with Gasteiger partial charge in [0.15, 0.2) is 0 Å². The van der Waals surface area contributed by atoms with Gasteiger partial charge in [-0.3, -0.25) is 4.79 Å². The minimum absolute atomic E-state index is 0.0193. The summed E-state index contributed by atoms with van der Waals surface area (Å²) in [6, 6.07) is 6.00. The molecule has 1 saturated heterocycles. The molecule has 1 amide bonds. The molecule has 4 rings (SSSR count). The molecule has 0 saturated carbocycles. The van der Waals surface area contributed by atoms with Crippen LogP contribution in [0.1, 0.15) is 16.1 Å². The van der Waals surface area contributed by atoms with Crippen molar-refractivity contribution in [1.29, 1.82) is 0 Å². The summed E-state index contributed by atoms with van der Waals surface area (Å²) in [5.74, 6) is 0.0193. The Kier molecular flexibility index (Phi) is 3.49. The van der Waals surface area contributed by atoms with Gasteiger partial charge in [-0.15, -0.1) is 11.3 Å². The third-order valence-electron chi connectivity index (χ3n) is 4.14. The van der Waals surface area contributed by atoms with Crippen LogP contribution in [-0.4, -0.2) is 47.1 Å². The van der Waals surface area contributed by atoms with Crippen molar-refractivity contribution in [3.63, 3.8) is 0 Å². The first-order valence-electron chi connectivity index (χ1n) is 7.52. The summed E-state index contributed by atoms with van der Waals surface area (Å²) in [5, 5.41) is 8.02. The molecule has 1 aliphatic heterocycles. The zero-order valence-corrected chi connectivity index (χ0v) is 13.5. The van der Waals surface area contributed by atoms with Crippen molar-refractivity contribution in [2.75, 3.05) is 31.1 Å². The zero-order chi connectivity index (χ0) is 15.8. The molecule has 0 bridgehead atoms. The van der Waals surface area contributed by atoms with E-state index >= 15 is 0 Å². The quantitative estimate of drug-likeness (QED) is 0.723. The van der Waals surface area contributed by atoms with Crippen molar-refractivity contribution in [1.82, 2.24) is 15.0 Å². The number of hydrogen-bond acceptors (Lipinski definition) is 6. The molecule has 3 aromatic heterocycles. The van der Waals surface area contributed by atoms with E-state index in [1.807, 2.05) is 17.9 Å². The minimum Gasteiger partial charge on any atom is -0.360 e. The van der Waals surface area contributed by atoms with Crippen molar-refractivity contribution < 1.29 is 9.32 Å². The van der Waals surface area contributed by atoms with E-state index in [0.29, 0.717) is 11.3 Å². The highest BCUT2D eigenvalue weighted by molar-refractivity contribution is 7.14. The molecule has 4 heterocycles. The lowest BCUT2D eigenvalue weighted by molar-refractivity contribution is 0.0747. The van der Waals surface area contributed by atoms with Crippen LogP contribution in [0.3, 0.4) is 0 Å². The molecule has 1 aliphatic rings. The van der Waals surface area contributed by atoms with Gasteiger partial charge in [0, 0.05) is 32.4 Å². The van der Waals surface area contributed by atoms with Gasteiger partial charge in [0.25, 0.3) is 11.6 Å². The number of amides is 1. The SMILES string of the molecule is Cc1noc2ncc(C(=O)N3CCN(c4cccs4)CC3)cc12. The summed E-state index contributed by atoms with van der Waals surface area (Å²) in [4.78, 5) is 21.1. The van der Waals surface area contributed by atoms with Gasteiger partial charge < -0.3 is 14.3 Å². The summed E-state index contributed by atoms with van der Waals surface area (Å²) >= 11 is 1.73. The number of fused-ring (bicyclic) bond motifs is 1. The maximum absolute atomic E-state index is 12.7. The van der Waals surface area contributed by atoms with Crippen molar-refractivity contribution >= 4 is 33.3 Å². The summed E-state index contributed by atoms with van der Waals surface area (Å²) in [7, 11) is 0. The molecular formula is C16H16N4O2S. The molecule has 0 spiro atoms. The van der Waals surface area contributed by atoms with Gasteiger partial charge in [-0.05, 0) is 30.5 Å². The van der Waals surface area contributed by atoms with Gasteiger partial charge >= 0.3 is 0 Å². The Morgan fingerprint density at radius 1 is 1.30 bits per heavy atom. The predicted octanol–water partition coefficient (Wildman–Crippen LogP) is 2.56. The number of carbonyl (C=O) groups excluding carboxylic acids is 1. The van der Waals surface area contributed by atoms with Gasteiger partial charge in [-0.1, -0.05) is 5.16 Å². The van der Waals surface area contributed by atoms with E-state index < -0.39 is 0 Å². The summed E-state index contributed by atoms with van der Waals surface area (Å²) in [5.41, 5.74) is 1.82. The topological polar surface area (TPSA) is 62.5 Å². The van der Waals surface area contributed by atoms with Crippen LogP contribution in [0.2, 0.25) is 0 Å². The molecule has 0 unspecified atom stereocenters. The second-order valence-electron chi connectivity index (χ2n) is 5.58. The second-order valence-corrected chi connectivity index (χ2v) is 6.50. The number of thiophene rings is 1. The van der Waals surface area contributed by atoms with Crippen LogP contribution in [0.15, 0.2) is 34.3 Å². The lowest BCUT2D eigenvalue weighted by Gasteiger charge is -2.35. The normalized spacial score (nSPS) is 15.3. The summed E-state index contributed by atoms with van der Waals surface area (Å²) < 4.78 is 5.09. The molecular weight excluding hydrogens is 312 g/mol. The number of rotatable bonds is 2. The Balaban J connectivity index is 1.49. The fourth-order valence-electron chi connectivity index (χ4n) is 2.82. The average molecular weight is 328 g/mol. The monoisotopic (exact) mass is 328 g/mol. The first-order valence-corrected chi connectivity index (χ1v) is 8.40. The zero-order valence-electron chi connectivity index (χ0n) is 12.7. The molecule has 118 valence electrons. The van der Waals surface area contributed by atoms with Gasteiger partial charge in [-0.2, -0.15) is 0 Å². The number of carbonyl (C=O) groups is 1. The number of aryl methyl sites for hydroxylation is 1. The molecule has 0 N–H and O–H groups in total. The summed E-state index contributed by atoms with van der Waals surface area (Å²) in [6.07, 6.45) is 1.57. The van der Waals surface area contributed by atoms with Gasteiger partial charge in [0.05, 0.1) is 21.6 Å². The van der Waals surface area contributed by atoms with E-state index in [4.69, 9.17) is 4.52 Å². The number of pyridine rings is 1. The highest BCUT2D eigenvalue weighted by Crippen LogP contribution is 2.23. The van der Waals surface area contributed by atoms with E-state index in [-0.39, 0.29) is 5.91 Å². The van der Waals surface area contributed by atoms with Crippen LogP contribution < -0.4 is 4.90 Å². The van der Waals surface area contributed by atoms with Gasteiger partial charge in [-0.25, -0.2) is 4.98 Å². The second kappa shape index (κ2) is 5.66. The lowest BCUT2D eigenvalue weighted by atomic mass is 10.1. The fraction of sp³-hybridized carbons (Fsp3) is 0.312. The van der Waals surface area contributed by atoms with Crippen LogP contribution in [-0.2, 0) is 0 Å². The van der Waals surface area contributed by atoms with Gasteiger partial charge in [0.1, 0.15) is 0 Å². The molecule has 7 heteroatoms. The molecule has 0 aromatic carbocycles. The number of nitrogens with zero attached hydrogens (tertiary/aromatic N) is 4. The maximum Gasteiger partial charge on any atom is 0.257 e. The molecule has 23 heavy (non-hydrogen) atoms. The van der Waals surface area contributed by atoms with Crippen LogP contribution in [0.25, 0.3) is 11.1 Å². The molecule has 0 radical (unpaired) electrons. The first-order chi connectivity index (χ1) is 11.2. The fourth-order valence-corrected chi connectivity index (χ4v) is 3.61. The Bertz CT molecular complexity index is 835. The maximum atomic E-state index is 12.7. The number of hydrogen-bond donors (Lipinski definition) is 0. The van der Waals surface area contributed by atoms with E-state index in [0.717, 1.165) is 37.3 Å².